The van der Waals surface area contributed by atoms with Crippen LogP contribution in [0.3, 0.4) is 0 Å². The first-order chi connectivity index (χ1) is 13.9. The van der Waals surface area contributed by atoms with Crippen LogP contribution in [0.25, 0.3) is 5.69 Å². The molecule has 2 heterocycles. The summed E-state index contributed by atoms with van der Waals surface area (Å²) in [6.07, 6.45) is 5.03. The summed E-state index contributed by atoms with van der Waals surface area (Å²) in [6.45, 7) is 9.48. The van der Waals surface area contributed by atoms with E-state index in [2.05, 4.69) is 37.0 Å². The van der Waals surface area contributed by atoms with Crippen molar-refractivity contribution in [3.8, 4) is 5.69 Å². The minimum absolute atomic E-state index is 0.0901. The minimum Gasteiger partial charge on any atom is -0.466 e. The molecule has 0 spiro atoms. The topological polar surface area (TPSA) is 64.4 Å². The van der Waals surface area contributed by atoms with Gasteiger partial charge in [-0.3, -0.25) is 14.2 Å². The van der Waals surface area contributed by atoms with Crippen molar-refractivity contribution in [1.29, 1.82) is 0 Å². The van der Waals surface area contributed by atoms with Crippen molar-refractivity contribution >= 4 is 23.6 Å². The van der Waals surface area contributed by atoms with Gasteiger partial charge in [0.05, 0.1) is 17.8 Å². The predicted molar refractivity (Wildman–Crippen MR) is 114 cm³/mol. The number of nitrogens with zero attached hydrogens (tertiary/aromatic N) is 3. The number of aromatic nitrogens is 2. The summed E-state index contributed by atoms with van der Waals surface area (Å²) < 4.78 is 7.14. The van der Waals surface area contributed by atoms with Gasteiger partial charge in [-0.15, -0.1) is 0 Å². The number of thioether (sulfide) groups is 1. The average molecular weight is 416 g/mol. The van der Waals surface area contributed by atoms with E-state index in [1.807, 2.05) is 29.5 Å². The Morgan fingerprint density at radius 1 is 1.21 bits per heavy atom. The maximum atomic E-state index is 12.9. The summed E-state index contributed by atoms with van der Waals surface area (Å²) in [4.78, 5) is 31.2. The molecular weight excluding hydrogens is 386 g/mol. The molecule has 1 amide bonds. The molecule has 6 nitrogen and oxygen atoms in total. The second-order valence-electron chi connectivity index (χ2n) is 7.54. The number of piperidine rings is 1. The summed E-state index contributed by atoms with van der Waals surface area (Å²) in [6, 6.07) is 6.37. The lowest BCUT2D eigenvalue weighted by molar-refractivity contribution is -0.151. The molecule has 0 aliphatic carbocycles. The molecule has 1 aliphatic rings. The fourth-order valence-electron chi connectivity index (χ4n) is 3.72. The van der Waals surface area contributed by atoms with Crippen LogP contribution in [0.1, 0.15) is 37.8 Å². The van der Waals surface area contributed by atoms with Crippen LogP contribution in [0.5, 0.6) is 0 Å². The van der Waals surface area contributed by atoms with Gasteiger partial charge in [0.1, 0.15) is 0 Å². The normalized spacial score (nSPS) is 15.9. The Hall–Kier alpha value is -2.28. The Kier molecular flexibility index (Phi) is 7.00. The fraction of sp³-hybridized carbons (Fsp3) is 0.500. The van der Waals surface area contributed by atoms with Crippen LogP contribution >= 0.6 is 11.8 Å². The van der Waals surface area contributed by atoms with Crippen LogP contribution in [0, 0.1) is 19.8 Å². The summed E-state index contributed by atoms with van der Waals surface area (Å²) in [7, 11) is 0. The number of ether oxygens (including phenoxy) is 1. The van der Waals surface area contributed by atoms with E-state index in [9.17, 15) is 9.59 Å². The molecule has 1 atom stereocenters. The number of benzene rings is 1. The molecule has 1 saturated heterocycles. The molecule has 1 aliphatic heterocycles. The second-order valence-corrected chi connectivity index (χ2v) is 8.85. The highest BCUT2D eigenvalue weighted by molar-refractivity contribution is 8.00. The lowest BCUT2D eigenvalue weighted by atomic mass is 9.97. The molecule has 156 valence electrons. The number of imidazole rings is 1. The highest BCUT2D eigenvalue weighted by Gasteiger charge is 2.30. The van der Waals surface area contributed by atoms with E-state index in [4.69, 9.17) is 4.74 Å². The van der Waals surface area contributed by atoms with E-state index in [0.717, 1.165) is 10.8 Å². The molecule has 0 radical (unpaired) electrons. The van der Waals surface area contributed by atoms with E-state index in [0.29, 0.717) is 32.5 Å². The Morgan fingerprint density at radius 2 is 1.86 bits per heavy atom. The van der Waals surface area contributed by atoms with Crippen molar-refractivity contribution in [2.75, 3.05) is 19.7 Å². The number of esters is 1. The van der Waals surface area contributed by atoms with Crippen molar-refractivity contribution < 1.29 is 14.3 Å². The van der Waals surface area contributed by atoms with Gasteiger partial charge in [-0.05, 0) is 63.8 Å². The van der Waals surface area contributed by atoms with Gasteiger partial charge in [-0.2, -0.15) is 0 Å². The van der Waals surface area contributed by atoms with Crippen molar-refractivity contribution in [1.82, 2.24) is 14.5 Å². The summed E-state index contributed by atoms with van der Waals surface area (Å²) in [5.41, 5.74) is 3.44. The van der Waals surface area contributed by atoms with Crippen LogP contribution in [-0.2, 0) is 14.3 Å². The van der Waals surface area contributed by atoms with E-state index < -0.39 is 0 Å². The monoisotopic (exact) mass is 415 g/mol. The molecule has 7 heteroatoms. The molecular formula is C22H29N3O3S. The molecule has 0 N–H and O–H groups in total. The zero-order valence-corrected chi connectivity index (χ0v) is 18.4. The van der Waals surface area contributed by atoms with Crippen molar-refractivity contribution in [3.05, 3.63) is 41.7 Å². The van der Waals surface area contributed by atoms with Crippen molar-refractivity contribution in [2.45, 2.75) is 50.9 Å². The minimum atomic E-state index is -0.249. The number of rotatable bonds is 6. The molecule has 2 aromatic rings. The molecule has 1 fully saturated rings. The SMILES string of the molecule is CCOC(=O)C1CCN(C(=O)C(C)Sc2nccn2-c2cc(C)cc(C)c2)CC1. The van der Waals surface area contributed by atoms with Gasteiger partial charge in [0, 0.05) is 31.2 Å². The van der Waals surface area contributed by atoms with E-state index in [1.54, 1.807) is 6.20 Å². The highest BCUT2D eigenvalue weighted by atomic mass is 32.2. The first-order valence-electron chi connectivity index (χ1n) is 10.1. The van der Waals surface area contributed by atoms with Gasteiger partial charge in [-0.25, -0.2) is 4.98 Å². The van der Waals surface area contributed by atoms with Gasteiger partial charge in [0.2, 0.25) is 5.91 Å². The predicted octanol–water partition coefficient (Wildman–Crippen LogP) is 3.77. The Balaban J connectivity index is 1.63. The van der Waals surface area contributed by atoms with Crippen LogP contribution in [-0.4, -0.2) is 51.3 Å². The van der Waals surface area contributed by atoms with Crippen molar-refractivity contribution in [2.24, 2.45) is 5.92 Å². The first-order valence-corrected chi connectivity index (χ1v) is 11.0. The van der Waals surface area contributed by atoms with Gasteiger partial charge < -0.3 is 9.64 Å². The number of carbonyl (C=O) groups excluding carboxylic acids is 2. The lowest BCUT2D eigenvalue weighted by Crippen LogP contribution is -2.43. The van der Waals surface area contributed by atoms with Crippen molar-refractivity contribution in [3.63, 3.8) is 0 Å². The Bertz CT molecular complexity index is 852. The third kappa shape index (κ3) is 5.21. The number of hydrogen-bond donors (Lipinski definition) is 0. The smallest absolute Gasteiger partial charge is 0.309 e. The molecule has 29 heavy (non-hydrogen) atoms. The number of likely N-dealkylation sites (tertiary alicyclic amines) is 1. The summed E-state index contributed by atoms with van der Waals surface area (Å²) in [5.74, 6) is -0.143. The third-order valence-corrected chi connectivity index (χ3v) is 6.22. The van der Waals surface area contributed by atoms with Gasteiger partial charge >= 0.3 is 5.97 Å². The van der Waals surface area contributed by atoms with Crippen LogP contribution < -0.4 is 0 Å². The summed E-state index contributed by atoms with van der Waals surface area (Å²) >= 11 is 1.47. The number of amides is 1. The molecule has 1 aromatic carbocycles. The molecule has 0 bridgehead atoms. The van der Waals surface area contributed by atoms with Gasteiger partial charge in [0.15, 0.2) is 5.16 Å². The third-order valence-electron chi connectivity index (χ3n) is 5.15. The van der Waals surface area contributed by atoms with Gasteiger partial charge in [-0.1, -0.05) is 17.8 Å². The van der Waals surface area contributed by atoms with E-state index in [-0.39, 0.29) is 23.0 Å². The number of carbonyl (C=O) groups is 2. The molecule has 1 unspecified atom stereocenters. The maximum absolute atomic E-state index is 12.9. The zero-order valence-electron chi connectivity index (χ0n) is 17.6. The van der Waals surface area contributed by atoms with Crippen LogP contribution in [0.2, 0.25) is 0 Å². The van der Waals surface area contributed by atoms with Crippen LogP contribution in [0.4, 0.5) is 0 Å². The largest absolute Gasteiger partial charge is 0.466 e. The Morgan fingerprint density at radius 3 is 2.48 bits per heavy atom. The lowest BCUT2D eigenvalue weighted by Gasteiger charge is -2.32. The quantitative estimate of drug-likeness (QED) is 0.531. The number of hydrogen-bond acceptors (Lipinski definition) is 5. The van der Waals surface area contributed by atoms with Gasteiger partial charge in [0.25, 0.3) is 0 Å². The zero-order chi connectivity index (χ0) is 21.0. The Labute approximate surface area is 176 Å². The highest BCUT2D eigenvalue weighted by Crippen LogP contribution is 2.28. The van der Waals surface area contributed by atoms with Crippen LogP contribution in [0.15, 0.2) is 35.7 Å². The average Bonchev–Trinajstić information content (AvgIpc) is 3.15. The molecule has 3 rings (SSSR count). The summed E-state index contributed by atoms with van der Waals surface area (Å²) in [5, 5.41) is 0.554. The maximum Gasteiger partial charge on any atom is 0.309 e. The first kappa shape index (κ1) is 21.4. The number of aryl methyl sites for hydroxylation is 2. The fourth-order valence-corrected chi connectivity index (χ4v) is 4.69. The second kappa shape index (κ2) is 9.48. The van der Waals surface area contributed by atoms with E-state index in [1.165, 1.54) is 22.9 Å². The molecule has 0 saturated carbocycles. The van der Waals surface area contributed by atoms with E-state index >= 15 is 0 Å². The standard InChI is InChI=1S/C22H29N3O3S/c1-5-28-21(27)18-6-9-24(10-7-18)20(26)17(4)29-22-23-8-11-25(22)19-13-15(2)12-16(3)14-19/h8,11-14,17-18H,5-7,9-10H2,1-4H3. The molecule has 1 aromatic heterocycles.